The molecule has 0 aromatic heterocycles. The summed E-state index contributed by atoms with van der Waals surface area (Å²) < 4.78 is 0. The van der Waals surface area contributed by atoms with Gasteiger partial charge in [0.15, 0.2) is 0 Å². The Morgan fingerprint density at radius 1 is 1.04 bits per heavy atom. The fourth-order valence-electron chi connectivity index (χ4n) is 4.16. The number of rotatable bonds is 7. The molecule has 148 valence electrons. The van der Waals surface area contributed by atoms with Crippen molar-refractivity contribution in [1.29, 1.82) is 0 Å². The van der Waals surface area contributed by atoms with Crippen LogP contribution in [0.15, 0.2) is 24.3 Å². The van der Waals surface area contributed by atoms with Crippen LogP contribution in [0.3, 0.4) is 0 Å². The van der Waals surface area contributed by atoms with Gasteiger partial charge in [0.2, 0.25) is 5.91 Å². The monoisotopic (exact) mass is 371 g/mol. The van der Waals surface area contributed by atoms with E-state index in [0.717, 1.165) is 63.0 Å². The van der Waals surface area contributed by atoms with Gasteiger partial charge >= 0.3 is 0 Å². The topological polar surface area (TPSA) is 61.4 Å². The zero-order valence-corrected chi connectivity index (χ0v) is 16.5. The largest absolute Gasteiger partial charge is 0.352 e. The molecule has 1 aromatic rings. The van der Waals surface area contributed by atoms with E-state index in [0.29, 0.717) is 12.5 Å². The first-order chi connectivity index (χ1) is 13.2. The van der Waals surface area contributed by atoms with Gasteiger partial charge in [-0.05, 0) is 62.4 Å². The first kappa shape index (κ1) is 19.9. The van der Waals surface area contributed by atoms with Crippen LogP contribution < -0.4 is 10.6 Å². The van der Waals surface area contributed by atoms with Gasteiger partial charge in [0.1, 0.15) is 0 Å². The third-order valence-corrected chi connectivity index (χ3v) is 5.98. The Balaban J connectivity index is 1.45. The molecule has 1 aliphatic heterocycles. The highest BCUT2D eigenvalue weighted by Crippen LogP contribution is 2.24. The molecule has 1 saturated heterocycles. The summed E-state index contributed by atoms with van der Waals surface area (Å²) >= 11 is 0. The molecule has 3 rings (SSSR count). The highest BCUT2D eigenvalue weighted by atomic mass is 16.2. The smallest absolute Gasteiger partial charge is 0.253 e. The molecular weight excluding hydrogens is 338 g/mol. The maximum Gasteiger partial charge on any atom is 0.253 e. The Labute approximate surface area is 162 Å². The standard InChI is InChI=1S/C22H33N3O2/c1-2-23-15-18-11-13-25(14-12-18)22(27)20-9-7-17(8-10-20)16-24-21(26)19-5-3-4-6-19/h7-10,18-19,23H,2-6,11-16H2,1H3,(H,24,26). The van der Waals surface area contributed by atoms with Crippen LogP contribution in [0.5, 0.6) is 0 Å². The first-order valence-corrected chi connectivity index (χ1v) is 10.5. The highest BCUT2D eigenvalue weighted by Gasteiger charge is 2.24. The van der Waals surface area contributed by atoms with Gasteiger partial charge in [-0.15, -0.1) is 0 Å². The van der Waals surface area contributed by atoms with Crippen molar-refractivity contribution in [3.63, 3.8) is 0 Å². The minimum atomic E-state index is 0.124. The van der Waals surface area contributed by atoms with E-state index >= 15 is 0 Å². The van der Waals surface area contributed by atoms with Crippen LogP contribution in [0.2, 0.25) is 0 Å². The molecule has 2 N–H and O–H groups in total. The van der Waals surface area contributed by atoms with Crippen molar-refractivity contribution in [1.82, 2.24) is 15.5 Å². The average Bonchev–Trinajstić information content (AvgIpc) is 3.26. The third-order valence-electron chi connectivity index (χ3n) is 5.98. The van der Waals surface area contributed by atoms with Gasteiger partial charge < -0.3 is 15.5 Å². The second-order valence-electron chi connectivity index (χ2n) is 7.94. The number of carbonyl (C=O) groups is 2. The maximum absolute atomic E-state index is 12.7. The molecule has 0 radical (unpaired) electrons. The summed E-state index contributed by atoms with van der Waals surface area (Å²) in [4.78, 5) is 26.8. The van der Waals surface area contributed by atoms with E-state index < -0.39 is 0 Å². The Morgan fingerprint density at radius 2 is 1.70 bits per heavy atom. The second kappa shape index (κ2) is 9.88. The van der Waals surface area contributed by atoms with Gasteiger partial charge in [-0.25, -0.2) is 0 Å². The maximum atomic E-state index is 12.7. The normalized spacial score (nSPS) is 18.6. The summed E-state index contributed by atoms with van der Waals surface area (Å²) in [5.41, 5.74) is 1.79. The summed E-state index contributed by atoms with van der Waals surface area (Å²) in [5, 5.41) is 6.44. The molecule has 0 spiro atoms. The molecular formula is C22H33N3O2. The molecule has 2 aliphatic rings. The lowest BCUT2D eigenvalue weighted by Crippen LogP contribution is -2.40. The molecule has 2 amide bonds. The van der Waals surface area contributed by atoms with E-state index in [1.807, 2.05) is 29.2 Å². The Hall–Kier alpha value is -1.88. The fraction of sp³-hybridized carbons (Fsp3) is 0.636. The molecule has 1 aromatic carbocycles. The van der Waals surface area contributed by atoms with Crippen LogP contribution in [0, 0.1) is 11.8 Å². The molecule has 27 heavy (non-hydrogen) atoms. The summed E-state index contributed by atoms with van der Waals surface area (Å²) in [7, 11) is 0. The Morgan fingerprint density at radius 3 is 2.33 bits per heavy atom. The fourth-order valence-corrected chi connectivity index (χ4v) is 4.16. The van der Waals surface area contributed by atoms with Crippen molar-refractivity contribution in [2.75, 3.05) is 26.2 Å². The van der Waals surface area contributed by atoms with Crippen molar-refractivity contribution >= 4 is 11.8 Å². The van der Waals surface area contributed by atoms with Crippen LogP contribution in [0.25, 0.3) is 0 Å². The number of carbonyl (C=O) groups excluding carboxylic acids is 2. The predicted octanol–water partition coefficient (Wildman–Crippen LogP) is 2.95. The van der Waals surface area contributed by atoms with Crippen molar-refractivity contribution in [3.05, 3.63) is 35.4 Å². The lowest BCUT2D eigenvalue weighted by Gasteiger charge is -2.32. The van der Waals surface area contributed by atoms with Gasteiger partial charge in [-0.2, -0.15) is 0 Å². The van der Waals surface area contributed by atoms with Gasteiger partial charge in [-0.3, -0.25) is 9.59 Å². The number of hydrogen-bond donors (Lipinski definition) is 2. The molecule has 1 heterocycles. The van der Waals surface area contributed by atoms with Crippen molar-refractivity contribution in [2.45, 2.75) is 52.0 Å². The Kier molecular flexibility index (Phi) is 7.27. The van der Waals surface area contributed by atoms with E-state index in [9.17, 15) is 9.59 Å². The number of hydrogen-bond acceptors (Lipinski definition) is 3. The number of nitrogens with one attached hydrogen (secondary N) is 2. The van der Waals surface area contributed by atoms with E-state index in [-0.39, 0.29) is 17.7 Å². The van der Waals surface area contributed by atoms with E-state index in [2.05, 4.69) is 17.6 Å². The van der Waals surface area contributed by atoms with Crippen LogP contribution in [0.4, 0.5) is 0 Å². The molecule has 5 nitrogen and oxygen atoms in total. The molecule has 0 atom stereocenters. The summed E-state index contributed by atoms with van der Waals surface area (Å²) in [5.74, 6) is 1.17. The highest BCUT2D eigenvalue weighted by molar-refractivity contribution is 5.94. The van der Waals surface area contributed by atoms with E-state index in [1.54, 1.807) is 0 Å². The third kappa shape index (κ3) is 5.55. The molecule has 5 heteroatoms. The van der Waals surface area contributed by atoms with Crippen LogP contribution in [-0.2, 0) is 11.3 Å². The summed E-state index contributed by atoms with van der Waals surface area (Å²) in [6.07, 6.45) is 6.52. The molecule has 1 saturated carbocycles. The minimum absolute atomic E-state index is 0.124. The zero-order chi connectivity index (χ0) is 19.1. The SMILES string of the molecule is CCNCC1CCN(C(=O)c2ccc(CNC(=O)C3CCCC3)cc2)CC1. The Bertz CT molecular complexity index is 615. The first-order valence-electron chi connectivity index (χ1n) is 10.5. The number of nitrogens with zero attached hydrogens (tertiary/aromatic N) is 1. The molecule has 1 aliphatic carbocycles. The minimum Gasteiger partial charge on any atom is -0.352 e. The van der Waals surface area contributed by atoms with E-state index in [4.69, 9.17) is 0 Å². The van der Waals surface area contributed by atoms with Gasteiger partial charge in [0.25, 0.3) is 5.91 Å². The average molecular weight is 372 g/mol. The van der Waals surface area contributed by atoms with Crippen LogP contribution >= 0.6 is 0 Å². The molecule has 2 fully saturated rings. The van der Waals surface area contributed by atoms with Crippen LogP contribution in [-0.4, -0.2) is 42.9 Å². The number of benzene rings is 1. The van der Waals surface area contributed by atoms with E-state index in [1.165, 1.54) is 12.8 Å². The quantitative estimate of drug-likeness (QED) is 0.775. The lowest BCUT2D eigenvalue weighted by molar-refractivity contribution is -0.124. The number of likely N-dealkylation sites (tertiary alicyclic amines) is 1. The van der Waals surface area contributed by atoms with Gasteiger partial charge in [0.05, 0.1) is 0 Å². The van der Waals surface area contributed by atoms with Crippen molar-refractivity contribution in [2.24, 2.45) is 11.8 Å². The predicted molar refractivity (Wildman–Crippen MR) is 107 cm³/mol. The molecule has 0 unspecified atom stereocenters. The second-order valence-corrected chi connectivity index (χ2v) is 7.94. The zero-order valence-electron chi connectivity index (χ0n) is 16.5. The van der Waals surface area contributed by atoms with Crippen molar-refractivity contribution in [3.8, 4) is 0 Å². The van der Waals surface area contributed by atoms with Crippen molar-refractivity contribution < 1.29 is 9.59 Å². The summed E-state index contributed by atoms with van der Waals surface area (Å²) in [6, 6.07) is 7.70. The number of piperidine rings is 1. The van der Waals surface area contributed by atoms with Gasteiger partial charge in [-0.1, -0.05) is 31.9 Å². The van der Waals surface area contributed by atoms with Crippen LogP contribution in [0.1, 0.15) is 61.4 Å². The lowest BCUT2D eigenvalue weighted by atomic mass is 9.96. The number of amides is 2. The van der Waals surface area contributed by atoms with Gasteiger partial charge in [0, 0.05) is 31.1 Å². The molecule has 0 bridgehead atoms. The summed E-state index contributed by atoms with van der Waals surface area (Å²) in [6.45, 7) is 6.41.